The molecule has 3 aliphatic heterocycles. The molecule has 2 aromatic rings. The van der Waals surface area contributed by atoms with Crippen LogP contribution in [0.25, 0.3) is 0 Å². The Morgan fingerprint density at radius 1 is 1.08 bits per heavy atom. The molecular formula is C42H55N3O7. The lowest BCUT2D eigenvalue weighted by molar-refractivity contribution is -0.165. The number of aliphatic hydroxyl groups excluding tert-OH is 1. The van der Waals surface area contributed by atoms with Crippen molar-refractivity contribution in [2.75, 3.05) is 26.7 Å². The van der Waals surface area contributed by atoms with E-state index in [0.29, 0.717) is 44.3 Å². The Labute approximate surface area is 308 Å². The summed E-state index contributed by atoms with van der Waals surface area (Å²) in [5.74, 6) is -3.29. The number of fused-ring (bicyclic) bond motifs is 1. The molecule has 0 unspecified atom stereocenters. The highest BCUT2D eigenvalue weighted by atomic mass is 16.6. The molecule has 1 N–H and O–H groups in total. The summed E-state index contributed by atoms with van der Waals surface area (Å²) in [4.78, 5) is 62.2. The van der Waals surface area contributed by atoms with E-state index in [1.54, 1.807) is 29.0 Å². The van der Waals surface area contributed by atoms with Gasteiger partial charge in [0.15, 0.2) is 0 Å². The fraction of sp³-hybridized carbons (Fsp3) is 0.524. The summed E-state index contributed by atoms with van der Waals surface area (Å²) < 4.78 is 13.1. The maximum Gasteiger partial charge on any atom is 0.313 e. The molecule has 3 heterocycles. The minimum absolute atomic E-state index is 0.106. The van der Waals surface area contributed by atoms with Crippen molar-refractivity contribution in [3.05, 3.63) is 97.1 Å². The van der Waals surface area contributed by atoms with Gasteiger partial charge in [-0.05, 0) is 50.2 Å². The van der Waals surface area contributed by atoms with Crippen LogP contribution in [0.5, 0.6) is 0 Å². The molecule has 0 saturated carbocycles. The van der Waals surface area contributed by atoms with Gasteiger partial charge in [0.1, 0.15) is 17.7 Å². The fourth-order valence-electron chi connectivity index (χ4n) is 8.47. The molecule has 5 rings (SSSR count). The van der Waals surface area contributed by atoms with E-state index in [2.05, 4.69) is 20.1 Å². The Balaban J connectivity index is 1.51. The van der Waals surface area contributed by atoms with Crippen LogP contribution >= 0.6 is 0 Å². The van der Waals surface area contributed by atoms with Gasteiger partial charge in [-0.1, -0.05) is 92.6 Å². The van der Waals surface area contributed by atoms with Crippen LogP contribution in [0.1, 0.15) is 76.0 Å². The summed E-state index contributed by atoms with van der Waals surface area (Å²) in [6, 6.07) is 16.6. The van der Waals surface area contributed by atoms with E-state index in [9.17, 15) is 24.3 Å². The Morgan fingerprint density at radius 3 is 2.40 bits per heavy atom. The maximum atomic E-state index is 14.9. The number of esters is 1. The number of benzene rings is 2. The highest BCUT2D eigenvalue weighted by molar-refractivity contribution is 5.98. The maximum absolute atomic E-state index is 14.9. The second-order valence-electron chi connectivity index (χ2n) is 14.4. The molecule has 52 heavy (non-hydrogen) atoms. The van der Waals surface area contributed by atoms with Crippen LogP contribution in [-0.4, -0.2) is 100 Å². The largest absolute Gasteiger partial charge is 0.455 e. The lowest BCUT2D eigenvalue weighted by atomic mass is 9.70. The van der Waals surface area contributed by atoms with Gasteiger partial charge in [0, 0.05) is 26.6 Å². The van der Waals surface area contributed by atoms with Crippen LogP contribution in [0, 0.1) is 11.8 Å². The van der Waals surface area contributed by atoms with Gasteiger partial charge in [-0.15, -0.1) is 13.2 Å². The number of likely N-dealkylation sites (tertiary alicyclic amines) is 1. The zero-order valence-corrected chi connectivity index (χ0v) is 30.9. The Morgan fingerprint density at radius 2 is 1.77 bits per heavy atom. The number of nitrogens with zero attached hydrogens (tertiary/aromatic N) is 3. The Hall–Kier alpha value is -4.28. The second-order valence-corrected chi connectivity index (χ2v) is 14.4. The van der Waals surface area contributed by atoms with Gasteiger partial charge in [-0.2, -0.15) is 0 Å². The van der Waals surface area contributed by atoms with Gasteiger partial charge in [-0.3, -0.25) is 19.2 Å². The van der Waals surface area contributed by atoms with Crippen molar-refractivity contribution in [2.24, 2.45) is 11.8 Å². The lowest BCUT2D eigenvalue weighted by Crippen LogP contribution is -2.59. The summed E-state index contributed by atoms with van der Waals surface area (Å²) in [7, 11) is 1.70. The third kappa shape index (κ3) is 7.74. The van der Waals surface area contributed by atoms with Crippen LogP contribution in [0.2, 0.25) is 0 Å². The van der Waals surface area contributed by atoms with E-state index in [1.165, 1.54) is 4.90 Å². The normalized spacial score (nSPS) is 24.8. The van der Waals surface area contributed by atoms with Crippen LogP contribution in [-0.2, 0) is 35.1 Å². The average Bonchev–Trinajstić information content (AvgIpc) is 3.82. The number of likely N-dealkylation sites (N-methyl/N-ethyl adjacent to an activating group) is 1. The number of aliphatic hydroxyl groups is 1. The summed E-state index contributed by atoms with van der Waals surface area (Å²) in [5, 5.41) is 10.8. The quantitative estimate of drug-likeness (QED) is 0.120. The number of ether oxygens (including phenoxy) is 2. The summed E-state index contributed by atoms with van der Waals surface area (Å²) in [5.41, 5.74) is 0.365. The zero-order chi connectivity index (χ0) is 37.4. The van der Waals surface area contributed by atoms with Gasteiger partial charge >= 0.3 is 5.97 Å². The molecule has 3 fully saturated rings. The molecule has 3 saturated heterocycles. The highest BCUT2D eigenvalue weighted by Crippen LogP contribution is 2.59. The first-order chi connectivity index (χ1) is 25.1. The summed E-state index contributed by atoms with van der Waals surface area (Å²) >= 11 is 0. The predicted octanol–water partition coefficient (Wildman–Crippen LogP) is 5.27. The van der Waals surface area contributed by atoms with E-state index < -0.39 is 53.7 Å². The first-order valence-electron chi connectivity index (χ1n) is 18.8. The molecule has 8 atom stereocenters. The van der Waals surface area contributed by atoms with E-state index >= 15 is 0 Å². The molecular weight excluding hydrogens is 658 g/mol. The van der Waals surface area contributed by atoms with E-state index in [-0.39, 0.29) is 30.7 Å². The van der Waals surface area contributed by atoms with Crippen LogP contribution in [0.4, 0.5) is 0 Å². The molecule has 0 aromatic heterocycles. The van der Waals surface area contributed by atoms with Crippen molar-refractivity contribution in [3.8, 4) is 0 Å². The van der Waals surface area contributed by atoms with E-state index in [0.717, 1.165) is 24.8 Å². The van der Waals surface area contributed by atoms with Crippen molar-refractivity contribution in [1.82, 2.24) is 14.7 Å². The molecule has 2 aromatic carbocycles. The summed E-state index contributed by atoms with van der Waals surface area (Å²) in [6.45, 7) is 12.0. The van der Waals surface area contributed by atoms with Crippen molar-refractivity contribution in [3.63, 3.8) is 0 Å². The van der Waals surface area contributed by atoms with Crippen molar-refractivity contribution < 1.29 is 33.8 Å². The molecule has 2 bridgehead atoms. The molecule has 1 spiro atoms. The van der Waals surface area contributed by atoms with Crippen LogP contribution in [0.15, 0.2) is 86.0 Å². The van der Waals surface area contributed by atoms with E-state index in [1.807, 2.05) is 67.6 Å². The first-order valence-corrected chi connectivity index (χ1v) is 18.8. The van der Waals surface area contributed by atoms with Gasteiger partial charge in [0.05, 0.1) is 36.6 Å². The first kappa shape index (κ1) is 38.9. The number of rotatable bonds is 19. The number of carbonyl (C=O) groups excluding carboxylic acids is 4. The molecule has 10 nitrogen and oxygen atoms in total. The number of amides is 3. The number of hydrogen-bond acceptors (Lipinski definition) is 7. The Bertz CT molecular complexity index is 1570. The lowest BCUT2D eigenvalue weighted by Gasteiger charge is -2.39. The smallest absolute Gasteiger partial charge is 0.313 e. The third-order valence-corrected chi connectivity index (χ3v) is 11.2. The number of allylic oxidation sites excluding steroid dienone is 1. The van der Waals surface area contributed by atoms with Crippen LogP contribution < -0.4 is 0 Å². The topological polar surface area (TPSA) is 117 Å². The third-order valence-electron chi connectivity index (χ3n) is 11.2. The zero-order valence-electron chi connectivity index (χ0n) is 30.9. The molecule has 3 amide bonds. The standard InChI is InChI=1S/C42H55N3O7/c1-6-9-17-26-44(25-8-3)40(49)38-42-24-23-33(52-42)35(36(42)39(48)45(38)32(28-46)27-30-18-13-11-14-19-30)41(50)51-37(31-20-15-12-16-21-31)29(4)43(5)34(47)22-10-7-2/h7-8,11-16,18-21,29,32-33,35-38,46H,2-3,6,9-10,17,22-28H2,1,4-5H3/t29-,32-,33-,35+,36+,37+,38-,42+/m1/s1. The number of carbonyl (C=O) groups is 4. The average molecular weight is 714 g/mol. The van der Waals surface area contributed by atoms with Gasteiger partial charge in [0.25, 0.3) is 0 Å². The number of unbranched alkanes of at least 4 members (excludes halogenated alkanes) is 2. The van der Waals surface area contributed by atoms with Crippen molar-refractivity contribution in [2.45, 2.75) is 101 Å². The molecule has 10 heteroatoms. The summed E-state index contributed by atoms with van der Waals surface area (Å²) in [6.07, 6.45) is 6.68. The van der Waals surface area contributed by atoms with Gasteiger partial charge in [0.2, 0.25) is 17.7 Å². The molecule has 3 aliphatic rings. The Kier molecular flexibility index (Phi) is 13.1. The number of hydrogen-bond donors (Lipinski definition) is 1. The fourth-order valence-corrected chi connectivity index (χ4v) is 8.47. The minimum atomic E-state index is -1.26. The monoisotopic (exact) mass is 713 g/mol. The molecule has 0 radical (unpaired) electrons. The van der Waals surface area contributed by atoms with Crippen molar-refractivity contribution in [1.29, 1.82) is 0 Å². The molecule has 0 aliphatic carbocycles. The second kappa shape index (κ2) is 17.5. The molecule has 280 valence electrons. The van der Waals surface area contributed by atoms with E-state index in [4.69, 9.17) is 9.47 Å². The highest BCUT2D eigenvalue weighted by Gasteiger charge is 2.75. The minimum Gasteiger partial charge on any atom is -0.455 e. The van der Waals surface area contributed by atoms with Crippen molar-refractivity contribution >= 4 is 23.7 Å². The van der Waals surface area contributed by atoms with Crippen LogP contribution in [0.3, 0.4) is 0 Å². The predicted molar refractivity (Wildman–Crippen MR) is 199 cm³/mol. The SMILES string of the molecule is C=CCCC(=O)N(C)[C@H](C)[C@H](OC(=O)[C@@H]1[C@H]2C(=O)N([C@@H](CO)Cc3ccccc3)[C@H](C(=O)N(CC=C)CCCCC)[C@]23CC[C@H]1O3)c1ccccc1. The van der Waals surface area contributed by atoms with Gasteiger partial charge < -0.3 is 29.3 Å². The van der Waals surface area contributed by atoms with Gasteiger partial charge in [-0.25, -0.2) is 0 Å².